The molecule has 0 aliphatic carbocycles. The van der Waals surface area contributed by atoms with Crippen molar-refractivity contribution in [3.63, 3.8) is 0 Å². The molecule has 3 aromatic heterocycles. The minimum absolute atomic E-state index is 0.121. The molecular formula is C25H25N7O4S. The van der Waals surface area contributed by atoms with Crippen LogP contribution in [0.25, 0.3) is 0 Å². The Balaban J connectivity index is 1.17. The van der Waals surface area contributed by atoms with E-state index in [9.17, 15) is 14.4 Å². The lowest BCUT2D eigenvalue weighted by Crippen LogP contribution is -2.25. The van der Waals surface area contributed by atoms with Crippen molar-refractivity contribution in [1.29, 1.82) is 0 Å². The summed E-state index contributed by atoms with van der Waals surface area (Å²) in [5, 5.41) is 14.4. The molecule has 190 valence electrons. The number of carbonyl (C=O) groups excluding carboxylic acids is 2. The van der Waals surface area contributed by atoms with E-state index in [4.69, 9.17) is 4.74 Å². The lowest BCUT2D eigenvalue weighted by molar-refractivity contribution is 0.0949. The molecule has 0 fully saturated rings. The van der Waals surface area contributed by atoms with Crippen LogP contribution in [0, 0.1) is 0 Å². The topological polar surface area (TPSA) is 141 Å². The molecule has 0 spiro atoms. The van der Waals surface area contributed by atoms with Gasteiger partial charge in [-0.3, -0.25) is 19.7 Å². The number of hydrogen-bond acceptors (Lipinski definition) is 9. The summed E-state index contributed by atoms with van der Waals surface area (Å²) in [4.78, 5) is 44.6. The van der Waals surface area contributed by atoms with Gasteiger partial charge in [0.25, 0.3) is 5.91 Å². The average molecular weight is 520 g/mol. The molecule has 12 heteroatoms. The Morgan fingerprint density at radius 3 is 2.62 bits per heavy atom. The number of anilines is 1. The normalized spacial score (nSPS) is 10.6. The molecule has 2 amide bonds. The number of aromatic nitrogens is 5. The van der Waals surface area contributed by atoms with Crippen LogP contribution in [0.15, 0.2) is 71.8 Å². The highest BCUT2D eigenvalue weighted by Gasteiger charge is 2.13. The number of pyridine rings is 1. The van der Waals surface area contributed by atoms with E-state index in [2.05, 4.69) is 30.8 Å². The van der Waals surface area contributed by atoms with E-state index in [1.165, 1.54) is 15.9 Å². The van der Waals surface area contributed by atoms with Gasteiger partial charge in [-0.2, -0.15) is 4.98 Å². The van der Waals surface area contributed by atoms with Gasteiger partial charge in [-0.1, -0.05) is 47.7 Å². The first-order valence-corrected chi connectivity index (χ1v) is 12.4. The summed E-state index contributed by atoms with van der Waals surface area (Å²) in [5.74, 6) is -0.160. The van der Waals surface area contributed by atoms with E-state index in [0.29, 0.717) is 30.9 Å². The molecule has 37 heavy (non-hydrogen) atoms. The number of unbranched alkanes of at least 4 members (excludes halogenated alkanes) is 1. The maximum atomic E-state index is 12.3. The van der Waals surface area contributed by atoms with Gasteiger partial charge in [-0.05, 0) is 36.6 Å². The van der Waals surface area contributed by atoms with Gasteiger partial charge in [0.05, 0.1) is 12.2 Å². The second-order valence-electron chi connectivity index (χ2n) is 7.94. The molecule has 0 bridgehead atoms. The first-order chi connectivity index (χ1) is 18.1. The van der Waals surface area contributed by atoms with E-state index < -0.39 is 11.8 Å². The minimum Gasteiger partial charge on any atom is -0.444 e. The maximum absolute atomic E-state index is 12.3. The van der Waals surface area contributed by atoms with Crippen molar-refractivity contribution in [2.45, 2.75) is 39.0 Å². The predicted octanol–water partition coefficient (Wildman–Crippen LogP) is 3.19. The van der Waals surface area contributed by atoms with Gasteiger partial charge in [0, 0.05) is 25.4 Å². The summed E-state index contributed by atoms with van der Waals surface area (Å²) < 4.78 is 6.61. The smallest absolute Gasteiger partial charge is 0.413 e. The largest absolute Gasteiger partial charge is 0.444 e. The Hall–Kier alpha value is -4.45. The molecule has 4 aromatic rings. The van der Waals surface area contributed by atoms with Crippen LogP contribution in [-0.2, 0) is 30.9 Å². The minimum atomic E-state index is -0.685. The summed E-state index contributed by atoms with van der Waals surface area (Å²) in [6.07, 6.45) is 4.66. The molecule has 0 unspecified atom stereocenters. The SMILES string of the molecule is O=C(Nc1ccn(CCCCc2nnc(C(=O)NCc3ccccn3)s2)c(=O)n1)OCc1ccccc1. The highest BCUT2D eigenvalue weighted by molar-refractivity contribution is 7.13. The van der Waals surface area contributed by atoms with Gasteiger partial charge >= 0.3 is 11.8 Å². The average Bonchev–Trinajstić information content (AvgIpc) is 3.40. The standard InChI is InChI=1S/C25H25N7O4S/c33-22(27-16-19-10-4-6-13-26-19)23-31-30-21(37-23)11-5-7-14-32-15-12-20(28-24(32)34)29-25(35)36-17-18-8-2-1-3-9-18/h1-4,6,8-10,12-13,15H,5,7,11,14,16-17H2,(H,27,33)(H,28,29,34,35). The number of hydrogen-bond donors (Lipinski definition) is 2. The van der Waals surface area contributed by atoms with Crippen molar-refractivity contribution < 1.29 is 14.3 Å². The lowest BCUT2D eigenvalue weighted by Gasteiger charge is -2.08. The summed E-state index contributed by atoms with van der Waals surface area (Å²) in [7, 11) is 0. The zero-order valence-electron chi connectivity index (χ0n) is 19.9. The molecule has 0 aliphatic heterocycles. The van der Waals surface area contributed by atoms with E-state index in [-0.39, 0.29) is 18.3 Å². The van der Waals surface area contributed by atoms with Gasteiger partial charge in [-0.15, -0.1) is 10.2 Å². The van der Waals surface area contributed by atoms with Crippen LogP contribution >= 0.6 is 11.3 Å². The van der Waals surface area contributed by atoms with Crippen molar-refractivity contribution >= 4 is 29.2 Å². The molecule has 11 nitrogen and oxygen atoms in total. The molecule has 2 N–H and O–H groups in total. The van der Waals surface area contributed by atoms with Crippen LogP contribution in [0.5, 0.6) is 0 Å². The predicted molar refractivity (Wildman–Crippen MR) is 137 cm³/mol. The molecule has 0 saturated heterocycles. The monoisotopic (exact) mass is 519 g/mol. The fourth-order valence-electron chi connectivity index (χ4n) is 3.29. The van der Waals surface area contributed by atoms with Crippen LogP contribution in [0.1, 0.15) is 38.9 Å². The Morgan fingerprint density at radius 1 is 1.00 bits per heavy atom. The fourth-order valence-corrected chi connectivity index (χ4v) is 4.08. The highest BCUT2D eigenvalue weighted by Crippen LogP contribution is 2.13. The van der Waals surface area contributed by atoms with E-state index in [1.807, 2.05) is 48.5 Å². The number of amides is 2. The zero-order chi connectivity index (χ0) is 25.9. The fraction of sp³-hybridized carbons (Fsp3) is 0.240. The van der Waals surface area contributed by atoms with Gasteiger partial charge in [0.2, 0.25) is 5.01 Å². The molecular weight excluding hydrogens is 494 g/mol. The maximum Gasteiger partial charge on any atom is 0.413 e. The highest BCUT2D eigenvalue weighted by atomic mass is 32.1. The third-order valence-electron chi connectivity index (χ3n) is 5.17. The van der Waals surface area contributed by atoms with Crippen molar-refractivity contribution in [3.05, 3.63) is 98.7 Å². The zero-order valence-corrected chi connectivity index (χ0v) is 20.7. The second kappa shape index (κ2) is 13.0. The van der Waals surface area contributed by atoms with Crippen molar-refractivity contribution in [1.82, 2.24) is 30.0 Å². The number of nitrogens with one attached hydrogen (secondary N) is 2. The van der Waals surface area contributed by atoms with Crippen LogP contribution < -0.4 is 16.3 Å². The Bertz CT molecular complexity index is 1380. The number of nitrogens with zero attached hydrogens (tertiary/aromatic N) is 5. The molecule has 1 aromatic carbocycles. The van der Waals surface area contributed by atoms with Crippen molar-refractivity contribution in [2.24, 2.45) is 0 Å². The van der Waals surface area contributed by atoms with E-state index >= 15 is 0 Å². The van der Waals surface area contributed by atoms with Crippen LogP contribution in [-0.4, -0.2) is 36.7 Å². The number of aryl methyl sites for hydroxylation is 2. The summed E-state index contributed by atoms with van der Waals surface area (Å²) in [6.45, 7) is 0.900. The van der Waals surface area contributed by atoms with Gasteiger partial charge in [-0.25, -0.2) is 9.59 Å². The summed E-state index contributed by atoms with van der Waals surface area (Å²) >= 11 is 1.25. The van der Waals surface area contributed by atoms with Crippen molar-refractivity contribution in [2.75, 3.05) is 5.32 Å². The lowest BCUT2D eigenvalue weighted by atomic mass is 10.2. The molecule has 0 radical (unpaired) electrons. The Kier molecular flexibility index (Phi) is 9.02. The van der Waals surface area contributed by atoms with Gasteiger partial charge in [0.15, 0.2) is 0 Å². The Morgan fingerprint density at radius 2 is 1.84 bits per heavy atom. The summed E-state index contributed by atoms with van der Waals surface area (Å²) in [5.41, 5.74) is 1.15. The molecule has 3 heterocycles. The molecule has 4 rings (SSSR count). The quantitative estimate of drug-likeness (QED) is 0.288. The van der Waals surface area contributed by atoms with Crippen LogP contribution in [0.2, 0.25) is 0 Å². The number of carbonyl (C=O) groups is 2. The van der Waals surface area contributed by atoms with Gasteiger partial charge in [0.1, 0.15) is 17.4 Å². The van der Waals surface area contributed by atoms with Crippen molar-refractivity contribution in [3.8, 4) is 0 Å². The van der Waals surface area contributed by atoms with Gasteiger partial charge < -0.3 is 10.1 Å². The number of rotatable bonds is 11. The Labute approximate surface area is 216 Å². The molecule has 0 saturated carbocycles. The van der Waals surface area contributed by atoms with Crippen LogP contribution in [0.3, 0.4) is 0 Å². The molecule has 0 aliphatic rings. The number of ether oxygens (including phenoxy) is 1. The summed E-state index contributed by atoms with van der Waals surface area (Å²) in [6, 6.07) is 16.3. The second-order valence-corrected chi connectivity index (χ2v) is 9.00. The molecule has 0 atom stereocenters. The first kappa shape index (κ1) is 25.6. The third kappa shape index (κ3) is 8.04. The van der Waals surface area contributed by atoms with E-state index in [0.717, 1.165) is 22.7 Å². The number of benzene rings is 1. The van der Waals surface area contributed by atoms with Crippen LogP contribution in [0.4, 0.5) is 10.6 Å². The third-order valence-corrected chi connectivity index (χ3v) is 6.16. The first-order valence-electron chi connectivity index (χ1n) is 11.6. The van der Waals surface area contributed by atoms with E-state index in [1.54, 1.807) is 18.5 Å².